The van der Waals surface area contributed by atoms with E-state index in [0.717, 1.165) is 30.7 Å². The van der Waals surface area contributed by atoms with Gasteiger partial charge in [-0.1, -0.05) is 34.6 Å². The van der Waals surface area contributed by atoms with Crippen LogP contribution in [0.4, 0.5) is 0 Å². The molecule has 1 aromatic carbocycles. The van der Waals surface area contributed by atoms with Gasteiger partial charge in [-0.15, -0.1) is 16.4 Å². The van der Waals surface area contributed by atoms with E-state index in [1.54, 1.807) is 11.3 Å². The fourth-order valence-corrected chi connectivity index (χ4v) is 4.73. The molecule has 1 atom stereocenters. The van der Waals surface area contributed by atoms with Crippen molar-refractivity contribution < 1.29 is 0 Å². The van der Waals surface area contributed by atoms with Crippen LogP contribution in [0.1, 0.15) is 36.0 Å². The molecule has 3 aromatic rings. The number of aromatic nitrogens is 3. The zero-order valence-electron chi connectivity index (χ0n) is 11.9. The van der Waals surface area contributed by atoms with Crippen LogP contribution in [0.3, 0.4) is 0 Å². The van der Waals surface area contributed by atoms with Crippen LogP contribution in [0, 0.1) is 0 Å². The molecule has 0 saturated carbocycles. The van der Waals surface area contributed by atoms with E-state index in [-0.39, 0.29) is 0 Å². The molecule has 3 heterocycles. The number of para-hydroxylation sites is 1. The van der Waals surface area contributed by atoms with Crippen molar-refractivity contribution in [2.45, 2.75) is 31.8 Å². The molecule has 0 aliphatic carbocycles. The van der Waals surface area contributed by atoms with Crippen LogP contribution in [-0.2, 0) is 6.54 Å². The van der Waals surface area contributed by atoms with E-state index in [0.29, 0.717) is 10.4 Å². The smallest absolute Gasteiger partial charge is 0.138 e. The van der Waals surface area contributed by atoms with E-state index < -0.39 is 0 Å². The van der Waals surface area contributed by atoms with E-state index >= 15 is 0 Å². The fourth-order valence-electron chi connectivity index (χ4n) is 2.98. The molecule has 0 spiro atoms. The molecule has 0 radical (unpaired) electrons. The number of nitrogens with zero attached hydrogens (tertiary/aromatic N) is 4. The predicted octanol–water partition coefficient (Wildman–Crippen LogP) is 4.53. The SMILES string of the molecule is Clc1snnc1CN1CCCC[C@H]1c1nc2ccccc2s1. The maximum absolute atomic E-state index is 6.17. The molecule has 0 amide bonds. The second-order valence-corrected chi connectivity index (χ2v) is 7.91. The summed E-state index contributed by atoms with van der Waals surface area (Å²) >= 11 is 9.23. The molecule has 1 aliphatic rings. The minimum absolute atomic E-state index is 0.365. The summed E-state index contributed by atoms with van der Waals surface area (Å²) in [5, 5.41) is 5.37. The zero-order valence-corrected chi connectivity index (χ0v) is 14.3. The molecule has 4 nitrogen and oxygen atoms in total. The van der Waals surface area contributed by atoms with Gasteiger partial charge < -0.3 is 0 Å². The topological polar surface area (TPSA) is 41.9 Å². The average Bonchev–Trinajstić information content (AvgIpc) is 3.14. The molecule has 22 heavy (non-hydrogen) atoms. The Morgan fingerprint density at radius 2 is 2.18 bits per heavy atom. The van der Waals surface area contributed by atoms with Crippen LogP contribution in [0.15, 0.2) is 24.3 Å². The number of hydrogen-bond acceptors (Lipinski definition) is 6. The van der Waals surface area contributed by atoms with Crippen molar-refractivity contribution in [1.29, 1.82) is 0 Å². The predicted molar refractivity (Wildman–Crippen MR) is 91.5 cm³/mol. The summed E-state index contributed by atoms with van der Waals surface area (Å²) in [5.41, 5.74) is 1.99. The summed E-state index contributed by atoms with van der Waals surface area (Å²) in [4.78, 5) is 7.30. The number of rotatable bonds is 3. The molecular weight excluding hydrogens is 336 g/mol. The fraction of sp³-hybridized carbons (Fsp3) is 0.400. The molecule has 4 rings (SSSR count). The average molecular weight is 351 g/mol. The van der Waals surface area contributed by atoms with Gasteiger partial charge >= 0.3 is 0 Å². The molecule has 1 fully saturated rings. The first-order chi connectivity index (χ1) is 10.8. The van der Waals surface area contributed by atoms with Crippen molar-refractivity contribution in [1.82, 2.24) is 19.5 Å². The van der Waals surface area contributed by atoms with Crippen LogP contribution in [0.2, 0.25) is 4.34 Å². The van der Waals surface area contributed by atoms with Crippen LogP contribution >= 0.6 is 34.5 Å². The van der Waals surface area contributed by atoms with E-state index in [9.17, 15) is 0 Å². The number of hydrogen-bond donors (Lipinski definition) is 0. The highest BCUT2D eigenvalue weighted by Crippen LogP contribution is 2.36. The maximum Gasteiger partial charge on any atom is 0.138 e. The molecular formula is C15H15ClN4S2. The maximum atomic E-state index is 6.17. The number of thiazole rings is 1. The van der Waals surface area contributed by atoms with Crippen LogP contribution in [0.25, 0.3) is 10.2 Å². The van der Waals surface area contributed by atoms with Crippen molar-refractivity contribution in [2.75, 3.05) is 6.54 Å². The van der Waals surface area contributed by atoms with Crippen LogP contribution in [-0.4, -0.2) is 26.0 Å². The Morgan fingerprint density at radius 3 is 3.00 bits per heavy atom. The Labute approximate surface area is 141 Å². The Morgan fingerprint density at radius 1 is 1.27 bits per heavy atom. The van der Waals surface area contributed by atoms with Crippen LogP contribution < -0.4 is 0 Å². The summed E-state index contributed by atoms with van der Waals surface area (Å²) in [5.74, 6) is 0. The van der Waals surface area contributed by atoms with Crippen molar-refractivity contribution >= 4 is 44.7 Å². The molecule has 0 N–H and O–H groups in total. The van der Waals surface area contributed by atoms with E-state index in [2.05, 4.69) is 32.7 Å². The third kappa shape index (κ3) is 2.76. The summed E-state index contributed by atoms with van der Waals surface area (Å²) in [7, 11) is 0. The number of halogens is 1. The monoisotopic (exact) mass is 350 g/mol. The van der Waals surface area contributed by atoms with Crippen molar-refractivity contribution in [3.8, 4) is 0 Å². The molecule has 2 aromatic heterocycles. The minimum Gasteiger partial charge on any atom is -0.288 e. The Bertz CT molecular complexity index is 752. The second kappa shape index (κ2) is 6.20. The first-order valence-electron chi connectivity index (χ1n) is 7.37. The van der Waals surface area contributed by atoms with Gasteiger partial charge in [0.2, 0.25) is 0 Å². The molecule has 7 heteroatoms. The van der Waals surface area contributed by atoms with Crippen molar-refractivity contribution in [2.24, 2.45) is 0 Å². The lowest BCUT2D eigenvalue weighted by molar-refractivity contribution is 0.138. The van der Waals surface area contributed by atoms with Gasteiger partial charge in [-0.3, -0.25) is 4.90 Å². The largest absolute Gasteiger partial charge is 0.288 e. The summed E-state index contributed by atoms with van der Waals surface area (Å²) < 4.78 is 5.90. The van der Waals surface area contributed by atoms with Gasteiger partial charge in [0.15, 0.2) is 0 Å². The lowest BCUT2D eigenvalue weighted by Gasteiger charge is -2.33. The number of piperidine rings is 1. The zero-order chi connectivity index (χ0) is 14.9. The van der Waals surface area contributed by atoms with E-state index in [1.165, 1.54) is 34.1 Å². The summed E-state index contributed by atoms with van der Waals surface area (Å²) in [6, 6.07) is 8.72. The molecule has 0 unspecified atom stereocenters. The van der Waals surface area contributed by atoms with Gasteiger partial charge in [-0.05, 0) is 31.5 Å². The number of likely N-dealkylation sites (tertiary alicyclic amines) is 1. The standard InChI is InChI=1S/C15H15ClN4S2/c16-14-11(18-19-22-14)9-20-8-4-3-6-12(20)15-17-10-5-1-2-7-13(10)21-15/h1-2,5,7,12H,3-4,6,8-9H2/t12-/m0/s1. The molecule has 1 aliphatic heterocycles. The van der Waals surface area contributed by atoms with Crippen molar-refractivity contribution in [3.05, 3.63) is 39.3 Å². The number of benzene rings is 1. The highest BCUT2D eigenvalue weighted by molar-refractivity contribution is 7.18. The highest BCUT2D eigenvalue weighted by atomic mass is 35.5. The summed E-state index contributed by atoms with van der Waals surface area (Å²) in [6.45, 7) is 1.82. The van der Waals surface area contributed by atoms with Gasteiger partial charge in [0.05, 0.1) is 16.3 Å². The van der Waals surface area contributed by atoms with E-state index in [1.807, 2.05) is 6.07 Å². The summed E-state index contributed by atoms with van der Waals surface area (Å²) in [6.07, 6.45) is 3.62. The van der Waals surface area contributed by atoms with Gasteiger partial charge in [0.1, 0.15) is 15.0 Å². The first-order valence-corrected chi connectivity index (χ1v) is 9.34. The lowest BCUT2D eigenvalue weighted by Crippen LogP contribution is -2.33. The van der Waals surface area contributed by atoms with E-state index in [4.69, 9.17) is 16.6 Å². The molecule has 0 bridgehead atoms. The number of fused-ring (bicyclic) bond motifs is 1. The Kier molecular flexibility index (Phi) is 4.09. The Balaban J connectivity index is 1.63. The normalized spacial score (nSPS) is 19.8. The molecule has 114 valence electrons. The van der Waals surface area contributed by atoms with Crippen molar-refractivity contribution in [3.63, 3.8) is 0 Å². The van der Waals surface area contributed by atoms with Crippen LogP contribution in [0.5, 0.6) is 0 Å². The second-order valence-electron chi connectivity index (χ2n) is 5.50. The Hall–Kier alpha value is -1.08. The van der Waals surface area contributed by atoms with Gasteiger partial charge in [0.25, 0.3) is 0 Å². The molecule has 1 saturated heterocycles. The third-order valence-corrected chi connectivity index (χ3v) is 6.19. The van der Waals surface area contributed by atoms with Gasteiger partial charge in [0, 0.05) is 18.1 Å². The van der Waals surface area contributed by atoms with Gasteiger partial charge in [-0.25, -0.2) is 4.98 Å². The highest BCUT2D eigenvalue weighted by Gasteiger charge is 2.28. The minimum atomic E-state index is 0.365. The van der Waals surface area contributed by atoms with Gasteiger partial charge in [-0.2, -0.15) is 0 Å². The lowest BCUT2D eigenvalue weighted by atomic mass is 10.0. The first kappa shape index (κ1) is 14.5. The quantitative estimate of drug-likeness (QED) is 0.696. The third-order valence-electron chi connectivity index (χ3n) is 4.07.